The third-order valence-corrected chi connectivity index (χ3v) is 7.65. The van der Waals surface area contributed by atoms with Crippen LogP contribution in [0, 0.1) is 22.7 Å². The summed E-state index contributed by atoms with van der Waals surface area (Å²) in [6.07, 6.45) is 7.96. The summed E-state index contributed by atoms with van der Waals surface area (Å²) in [6.45, 7) is 8.36. The fourth-order valence-electron chi connectivity index (χ4n) is 6.21. The highest BCUT2D eigenvalue weighted by Crippen LogP contribution is 2.73. The summed E-state index contributed by atoms with van der Waals surface area (Å²) in [7, 11) is 1.40. The van der Waals surface area contributed by atoms with Gasteiger partial charge in [0.1, 0.15) is 11.4 Å². The van der Waals surface area contributed by atoms with Crippen LogP contribution in [-0.2, 0) is 19.1 Å². The van der Waals surface area contributed by atoms with Crippen LogP contribution < -0.4 is 0 Å². The second-order valence-corrected chi connectivity index (χ2v) is 8.33. The molecule has 4 rings (SSSR count). The molecule has 6 atom stereocenters. The first-order chi connectivity index (χ1) is 11.3. The second-order valence-electron chi connectivity index (χ2n) is 8.33. The van der Waals surface area contributed by atoms with Gasteiger partial charge in [-0.3, -0.25) is 4.79 Å². The van der Waals surface area contributed by atoms with Crippen molar-refractivity contribution in [2.24, 2.45) is 22.7 Å². The van der Waals surface area contributed by atoms with Gasteiger partial charge in [0.15, 0.2) is 0 Å². The Morgan fingerprint density at radius 2 is 2.00 bits per heavy atom. The van der Waals surface area contributed by atoms with Crippen LogP contribution in [0.25, 0.3) is 0 Å². The lowest BCUT2D eigenvalue weighted by atomic mass is 9.49. The number of Topliss-reactive ketones (excluding diaryl/α,β-unsaturated/α-hetero) is 1. The summed E-state index contributed by atoms with van der Waals surface area (Å²) in [5.74, 6) is 0.850. The van der Waals surface area contributed by atoms with E-state index in [-0.39, 0.29) is 28.5 Å². The number of hydrogen-bond donors (Lipinski definition) is 0. The van der Waals surface area contributed by atoms with Gasteiger partial charge in [0, 0.05) is 23.3 Å². The largest absolute Gasteiger partial charge is 0.466 e. The highest BCUT2D eigenvalue weighted by atomic mass is 16.6. The van der Waals surface area contributed by atoms with Crippen LogP contribution in [0.3, 0.4) is 0 Å². The third-order valence-electron chi connectivity index (χ3n) is 7.65. The SMILES string of the molecule is C=C[C@@]1(C)/C(=C\C(=O)OC)CC[C@H]2[C@@H]3CCC(=O)[C@@]3(C)C[C@H]3O[C@]321. The molecule has 3 aliphatic carbocycles. The summed E-state index contributed by atoms with van der Waals surface area (Å²) in [5.41, 5.74) is 0.167. The van der Waals surface area contributed by atoms with Gasteiger partial charge in [-0.25, -0.2) is 4.79 Å². The molecule has 0 radical (unpaired) electrons. The van der Waals surface area contributed by atoms with Crippen molar-refractivity contribution in [2.45, 2.75) is 57.7 Å². The lowest BCUT2D eigenvalue weighted by Gasteiger charge is -2.52. The van der Waals surface area contributed by atoms with E-state index in [2.05, 4.69) is 20.4 Å². The van der Waals surface area contributed by atoms with Crippen LogP contribution in [0.15, 0.2) is 24.3 Å². The number of hydrogen-bond acceptors (Lipinski definition) is 4. The molecule has 4 fully saturated rings. The molecule has 24 heavy (non-hydrogen) atoms. The minimum Gasteiger partial charge on any atom is -0.466 e. The number of carbonyl (C=O) groups excluding carboxylic acids is 2. The molecule has 1 aliphatic heterocycles. The Bertz CT molecular complexity index is 665. The summed E-state index contributed by atoms with van der Waals surface area (Å²) < 4.78 is 11.2. The average Bonchev–Trinajstić information content (AvgIpc) is 3.21. The molecule has 3 saturated carbocycles. The molecule has 4 heteroatoms. The van der Waals surface area contributed by atoms with Crippen LogP contribution in [0.4, 0.5) is 0 Å². The van der Waals surface area contributed by atoms with Crippen molar-refractivity contribution < 1.29 is 19.1 Å². The van der Waals surface area contributed by atoms with Crippen molar-refractivity contribution in [1.29, 1.82) is 0 Å². The van der Waals surface area contributed by atoms with E-state index in [4.69, 9.17) is 9.47 Å². The quantitative estimate of drug-likeness (QED) is 0.338. The van der Waals surface area contributed by atoms with Gasteiger partial charge < -0.3 is 9.47 Å². The van der Waals surface area contributed by atoms with E-state index in [9.17, 15) is 9.59 Å². The van der Waals surface area contributed by atoms with E-state index in [1.807, 2.05) is 6.08 Å². The van der Waals surface area contributed by atoms with Gasteiger partial charge in [-0.05, 0) is 44.4 Å². The van der Waals surface area contributed by atoms with Crippen molar-refractivity contribution >= 4 is 11.8 Å². The maximum atomic E-state index is 12.5. The van der Waals surface area contributed by atoms with Crippen molar-refractivity contribution in [3.05, 3.63) is 24.3 Å². The number of ether oxygens (including phenoxy) is 2. The first-order valence-electron chi connectivity index (χ1n) is 8.97. The van der Waals surface area contributed by atoms with Crippen LogP contribution in [0.2, 0.25) is 0 Å². The molecule has 130 valence electrons. The zero-order chi connectivity index (χ0) is 17.3. The fraction of sp³-hybridized carbons (Fsp3) is 0.700. The summed E-state index contributed by atoms with van der Waals surface area (Å²) in [4.78, 5) is 24.3. The zero-order valence-electron chi connectivity index (χ0n) is 14.8. The molecule has 0 unspecified atom stereocenters. The molecule has 4 aliphatic rings. The van der Waals surface area contributed by atoms with E-state index >= 15 is 0 Å². The van der Waals surface area contributed by atoms with Gasteiger partial charge in [0.25, 0.3) is 0 Å². The average molecular weight is 330 g/mol. The van der Waals surface area contributed by atoms with Gasteiger partial charge in [-0.2, -0.15) is 0 Å². The highest BCUT2D eigenvalue weighted by molar-refractivity contribution is 5.87. The molecule has 0 aromatic carbocycles. The molecule has 0 amide bonds. The Hall–Kier alpha value is -1.42. The van der Waals surface area contributed by atoms with Gasteiger partial charge >= 0.3 is 5.97 Å². The lowest BCUT2D eigenvalue weighted by molar-refractivity contribution is -0.135. The molecule has 0 aromatic rings. The first kappa shape index (κ1) is 16.1. The second kappa shape index (κ2) is 4.81. The Balaban J connectivity index is 1.77. The van der Waals surface area contributed by atoms with Gasteiger partial charge in [0.2, 0.25) is 0 Å². The standard InChI is InChI=1S/C20H26O4/c1-5-19(3)12(10-17(22)23-4)6-7-14-13-8-9-15(21)18(13,2)11-16-20(14,19)24-16/h5,10,13-14,16H,1,6-9,11H2,2-4H3/b12-10-/t13-,14-,16+,18-,19-,20-/m0/s1. The van der Waals surface area contributed by atoms with Gasteiger partial charge in [-0.1, -0.05) is 18.6 Å². The van der Waals surface area contributed by atoms with Crippen LogP contribution >= 0.6 is 0 Å². The number of methoxy groups -OCH3 is 1. The first-order valence-corrected chi connectivity index (χ1v) is 8.97. The molecule has 0 N–H and O–H groups in total. The summed E-state index contributed by atoms with van der Waals surface area (Å²) in [5, 5.41) is 0. The number of ketones is 1. The van der Waals surface area contributed by atoms with Crippen molar-refractivity contribution in [3.63, 3.8) is 0 Å². The molecule has 4 nitrogen and oxygen atoms in total. The number of esters is 1. The van der Waals surface area contributed by atoms with Crippen LogP contribution in [0.5, 0.6) is 0 Å². The molecule has 0 aromatic heterocycles. The van der Waals surface area contributed by atoms with E-state index in [0.29, 0.717) is 24.0 Å². The fourth-order valence-corrected chi connectivity index (χ4v) is 6.21. The van der Waals surface area contributed by atoms with Crippen LogP contribution in [0.1, 0.15) is 46.0 Å². The Morgan fingerprint density at radius 3 is 2.67 bits per heavy atom. The van der Waals surface area contributed by atoms with E-state index < -0.39 is 0 Å². The highest BCUT2D eigenvalue weighted by Gasteiger charge is 2.78. The Morgan fingerprint density at radius 1 is 1.29 bits per heavy atom. The minimum absolute atomic E-state index is 0.0927. The predicted molar refractivity (Wildman–Crippen MR) is 89.2 cm³/mol. The Labute approximate surface area is 143 Å². The minimum atomic E-state index is -0.373. The van der Waals surface area contributed by atoms with Crippen molar-refractivity contribution in [2.75, 3.05) is 7.11 Å². The number of fused-ring (bicyclic) bond motifs is 2. The van der Waals surface area contributed by atoms with E-state index in [0.717, 1.165) is 31.3 Å². The molecule has 1 saturated heterocycles. The van der Waals surface area contributed by atoms with Crippen molar-refractivity contribution in [3.8, 4) is 0 Å². The van der Waals surface area contributed by atoms with E-state index in [1.165, 1.54) is 7.11 Å². The molecule has 1 heterocycles. The normalized spacial score (nSPS) is 50.7. The zero-order valence-corrected chi connectivity index (χ0v) is 14.8. The van der Waals surface area contributed by atoms with Gasteiger partial charge in [-0.15, -0.1) is 6.58 Å². The number of epoxide rings is 1. The number of rotatable bonds is 2. The topological polar surface area (TPSA) is 55.9 Å². The van der Waals surface area contributed by atoms with E-state index in [1.54, 1.807) is 6.08 Å². The lowest BCUT2D eigenvalue weighted by Crippen LogP contribution is -2.56. The summed E-state index contributed by atoms with van der Waals surface area (Å²) in [6, 6.07) is 0. The molecular weight excluding hydrogens is 304 g/mol. The van der Waals surface area contributed by atoms with Crippen LogP contribution in [-0.4, -0.2) is 30.6 Å². The number of carbonyl (C=O) groups is 2. The molecular formula is C20H26O4. The third kappa shape index (κ3) is 1.68. The molecule has 0 bridgehead atoms. The maximum Gasteiger partial charge on any atom is 0.330 e. The monoisotopic (exact) mass is 330 g/mol. The maximum absolute atomic E-state index is 12.5. The molecule has 1 spiro atoms. The summed E-state index contributed by atoms with van der Waals surface area (Å²) >= 11 is 0. The van der Waals surface area contributed by atoms with Crippen molar-refractivity contribution in [1.82, 2.24) is 0 Å². The Kier molecular flexibility index (Phi) is 3.22. The van der Waals surface area contributed by atoms with Gasteiger partial charge in [0.05, 0.1) is 13.2 Å². The predicted octanol–water partition coefficient (Wildman–Crippen LogP) is 3.21. The smallest absolute Gasteiger partial charge is 0.330 e.